The molecule has 0 radical (unpaired) electrons. The van der Waals surface area contributed by atoms with Crippen LogP contribution in [-0.4, -0.2) is 86.5 Å². The number of amides is 1. The Bertz CT molecular complexity index is 1410. The van der Waals surface area contributed by atoms with Crippen molar-refractivity contribution in [1.29, 1.82) is 0 Å². The minimum atomic E-state index is -4.86. The number of phenols is 1. The van der Waals surface area contributed by atoms with E-state index in [0.29, 0.717) is 19.5 Å². The van der Waals surface area contributed by atoms with E-state index < -0.39 is 99.1 Å². The van der Waals surface area contributed by atoms with Gasteiger partial charge in [-0.1, -0.05) is 6.92 Å². The molecule has 3 aliphatic carbocycles. The van der Waals surface area contributed by atoms with Gasteiger partial charge < -0.3 is 26.2 Å². The maximum Gasteiger partial charge on any atom is 0.417 e. The molecule has 2 fully saturated rings. The zero-order valence-electron chi connectivity index (χ0n) is 22.0. The Morgan fingerprint density at radius 2 is 1.88 bits per heavy atom. The number of phenolic OH excluding ortho intramolecular Hbond substituents is 1. The number of hydrogen-bond donors (Lipinski definition) is 5. The first-order chi connectivity index (χ1) is 18.6. The van der Waals surface area contributed by atoms with Crippen molar-refractivity contribution < 1.29 is 48.0 Å². The van der Waals surface area contributed by atoms with Gasteiger partial charge in [0, 0.05) is 24.1 Å². The van der Waals surface area contributed by atoms with Crippen LogP contribution in [0.5, 0.6) is 5.75 Å². The van der Waals surface area contributed by atoms with Crippen molar-refractivity contribution in [3.05, 3.63) is 45.2 Å². The van der Waals surface area contributed by atoms with E-state index in [9.17, 15) is 48.0 Å². The molecule has 13 heteroatoms. The number of carbonyl (C=O) groups is 3. The lowest BCUT2D eigenvalue weighted by molar-refractivity contribution is -0.153. The molecule has 6 N–H and O–H groups in total. The summed E-state index contributed by atoms with van der Waals surface area (Å²) in [6.45, 7) is 2.90. The number of nitrogens with zero attached hydrogens (tertiary/aromatic N) is 2. The second-order valence-electron chi connectivity index (χ2n) is 11.1. The van der Waals surface area contributed by atoms with Crippen LogP contribution in [0.1, 0.15) is 48.1 Å². The van der Waals surface area contributed by atoms with Gasteiger partial charge >= 0.3 is 6.18 Å². The number of alkyl halides is 3. The lowest BCUT2D eigenvalue weighted by atomic mass is 9.57. The Balaban J connectivity index is 1.75. The van der Waals surface area contributed by atoms with Gasteiger partial charge in [-0.25, -0.2) is 0 Å². The van der Waals surface area contributed by atoms with Gasteiger partial charge in [-0.05, 0) is 63.0 Å². The minimum Gasteiger partial charge on any atom is -0.508 e. The largest absolute Gasteiger partial charge is 0.508 e. The number of carbonyl (C=O) groups excluding carboxylic acids is 3. The van der Waals surface area contributed by atoms with Crippen LogP contribution in [-0.2, 0) is 27.0 Å². The summed E-state index contributed by atoms with van der Waals surface area (Å²) in [6, 6.07) is -0.959. The van der Waals surface area contributed by atoms with Gasteiger partial charge in [-0.2, -0.15) is 13.2 Å². The summed E-state index contributed by atoms with van der Waals surface area (Å²) in [6.07, 6.45) is -5.13. The first kappa shape index (κ1) is 28.1. The standard InChI is InChI=1S/C27H30F3N3O7/c1-4-33-6-5-14(33)11-9-15(34)17-12(19(11)27(28,29)30)7-10-8-13-20(32(2)3)22(36)18(25(31)39)24(38)26(13,40)23(37)16(10)21(17)35/h9-10,13-14,20,34-35,38,40H,4-8H2,1-3H3,(H2,31,39)/t10-,13-,14?,20-,26-/m0/s1. The van der Waals surface area contributed by atoms with Crippen LogP contribution < -0.4 is 5.73 Å². The monoisotopic (exact) mass is 565 g/mol. The summed E-state index contributed by atoms with van der Waals surface area (Å²) in [5.74, 6) is -8.93. The number of benzene rings is 1. The Kier molecular flexibility index (Phi) is 6.36. The lowest BCUT2D eigenvalue weighted by Crippen LogP contribution is -2.65. The van der Waals surface area contributed by atoms with Crippen molar-refractivity contribution >= 4 is 23.2 Å². The van der Waals surface area contributed by atoms with Crippen molar-refractivity contribution in [3.63, 3.8) is 0 Å². The van der Waals surface area contributed by atoms with Crippen LogP contribution in [0.25, 0.3) is 5.76 Å². The summed E-state index contributed by atoms with van der Waals surface area (Å²) >= 11 is 0. The highest BCUT2D eigenvalue weighted by atomic mass is 19.4. The number of likely N-dealkylation sites (N-methyl/N-ethyl adjacent to an activating group) is 1. The number of likely N-dealkylation sites (tertiary alicyclic amines) is 1. The van der Waals surface area contributed by atoms with Crippen LogP contribution in [0, 0.1) is 11.8 Å². The Morgan fingerprint density at radius 1 is 1.23 bits per heavy atom. The Labute approximate surface area is 227 Å². The molecule has 0 aromatic heterocycles. The van der Waals surface area contributed by atoms with Crippen molar-refractivity contribution in [2.24, 2.45) is 17.6 Å². The highest BCUT2D eigenvalue weighted by Gasteiger charge is 2.64. The second kappa shape index (κ2) is 9.05. The molecule has 0 spiro atoms. The van der Waals surface area contributed by atoms with Crippen molar-refractivity contribution in [2.75, 3.05) is 27.2 Å². The molecule has 1 unspecified atom stereocenters. The molecular weight excluding hydrogens is 535 g/mol. The smallest absolute Gasteiger partial charge is 0.417 e. The van der Waals surface area contributed by atoms with E-state index in [2.05, 4.69) is 0 Å². The zero-order chi connectivity index (χ0) is 29.6. The summed E-state index contributed by atoms with van der Waals surface area (Å²) in [5.41, 5.74) is -1.11. The third kappa shape index (κ3) is 3.63. The fourth-order valence-electron chi connectivity index (χ4n) is 7.12. The van der Waals surface area contributed by atoms with Crippen LogP contribution in [0.3, 0.4) is 0 Å². The van der Waals surface area contributed by atoms with Crippen LogP contribution in [0.15, 0.2) is 23.0 Å². The van der Waals surface area contributed by atoms with E-state index in [4.69, 9.17) is 5.73 Å². The van der Waals surface area contributed by atoms with Crippen molar-refractivity contribution in [1.82, 2.24) is 9.80 Å². The van der Waals surface area contributed by atoms with E-state index in [1.807, 2.05) is 11.8 Å². The Hall–Kier alpha value is -3.42. The molecule has 40 heavy (non-hydrogen) atoms. The third-order valence-electron chi connectivity index (χ3n) is 8.93. The van der Waals surface area contributed by atoms with E-state index >= 15 is 0 Å². The molecule has 5 atom stereocenters. The van der Waals surface area contributed by atoms with Crippen molar-refractivity contribution in [2.45, 2.75) is 50.0 Å². The van der Waals surface area contributed by atoms with Crippen LogP contribution in [0.4, 0.5) is 13.2 Å². The van der Waals surface area contributed by atoms with Gasteiger partial charge in [0.1, 0.15) is 22.8 Å². The highest BCUT2D eigenvalue weighted by Crippen LogP contribution is 2.55. The number of rotatable bonds is 4. The number of halogens is 3. The zero-order valence-corrected chi connectivity index (χ0v) is 22.0. The van der Waals surface area contributed by atoms with Crippen molar-refractivity contribution in [3.8, 4) is 5.75 Å². The maximum atomic E-state index is 14.6. The van der Waals surface area contributed by atoms with Gasteiger partial charge in [0.15, 0.2) is 11.4 Å². The van der Waals surface area contributed by atoms with Gasteiger partial charge in [-0.15, -0.1) is 0 Å². The summed E-state index contributed by atoms with van der Waals surface area (Å²) in [5, 5.41) is 44.6. The lowest BCUT2D eigenvalue weighted by Gasteiger charge is -2.50. The fraction of sp³-hybridized carbons (Fsp3) is 0.519. The molecule has 1 aromatic carbocycles. The summed E-state index contributed by atoms with van der Waals surface area (Å²) in [7, 11) is 2.88. The van der Waals surface area contributed by atoms with Gasteiger partial charge in [0.25, 0.3) is 5.91 Å². The number of fused-ring (bicyclic) bond motifs is 3. The van der Waals surface area contributed by atoms with Gasteiger partial charge in [0.2, 0.25) is 5.78 Å². The Morgan fingerprint density at radius 3 is 2.38 bits per heavy atom. The molecule has 4 aliphatic rings. The average Bonchev–Trinajstić information content (AvgIpc) is 2.79. The molecule has 0 bridgehead atoms. The molecule has 1 saturated carbocycles. The minimum absolute atomic E-state index is 0.127. The second-order valence-corrected chi connectivity index (χ2v) is 11.1. The number of aromatic hydroxyl groups is 1. The predicted octanol–water partition coefficient (Wildman–Crippen LogP) is 1.75. The topological polar surface area (TPSA) is 165 Å². The SMILES string of the molecule is CCN1CCC1c1cc(O)c2c(c1C(F)(F)F)C[C@H]1C[C@H]3[C@H](N(C)C)C(=O)C(C(N)=O)=C(O)[C@@]3(O)C(=O)C1=C2O. The average molecular weight is 566 g/mol. The number of aliphatic hydroxyl groups excluding tert-OH is 2. The molecule has 1 aromatic rings. The number of primary amides is 1. The number of aliphatic hydroxyl groups is 3. The summed E-state index contributed by atoms with van der Waals surface area (Å²) in [4.78, 5) is 42.2. The number of nitrogens with two attached hydrogens (primary N) is 1. The number of ketones is 2. The van der Waals surface area contributed by atoms with E-state index in [1.165, 1.54) is 19.0 Å². The molecule has 1 aliphatic heterocycles. The van der Waals surface area contributed by atoms with E-state index in [-0.39, 0.29) is 17.5 Å². The van der Waals surface area contributed by atoms with Crippen LogP contribution in [0.2, 0.25) is 0 Å². The molecule has 1 amide bonds. The normalized spacial score (nSPS) is 30.7. The highest BCUT2D eigenvalue weighted by molar-refractivity contribution is 6.24. The number of Topliss-reactive ketones (excluding diaryl/α,β-unsaturated/α-hetero) is 2. The molecule has 10 nitrogen and oxygen atoms in total. The third-order valence-corrected chi connectivity index (χ3v) is 8.93. The molecule has 1 heterocycles. The van der Waals surface area contributed by atoms with Gasteiger partial charge in [0.05, 0.1) is 17.2 Å². The predicted molar refractivity (Wildman–Crippen MR) is 134 cm³/mol. The van der Waals surface area contributed by atoms with E-state index in [0.717, 1.165) is 6.07 Å². The maximum absolute atomic E-state index is 14.6. The van der Waals surface area contributed by atoms with Gasteiger partial charge in [-0.3, -0.25) is 24.2 Å². The van der Waals surface area contributed by atoms with E-state index in [1.54, 1.807) is 0 Å². The molecule has 1 saturated heterocycles. The molecule has 216 valence electrons. The molecular formula is C27H30F3N3O7. The quantitative estimate of drug-likeness (QED) is 0.342. The number of hydrogen-bond acceptors (Lipinski definition) is 9. The summed E-state index contributed by atoms with van der Waals surface area (Å²) < 4.78 is 43.9. The molecule has 5 rings (SSSR count). The first-order valence-corrected chi connectivity index (χ1v) is 12.9. The fourth-order valence-corrected chi connectivity index (χ4v) is 7.12. The first-order valence-electron chi connectivity index (χ1n) is 12.9. The van der Waals surface area contributed by atoms with Crippen LogP contribution >= 0.6 is 0 Å².